The van der Waals surface area contributed by atoms with Crippen LogP contribution in [-0.2, 0) is 33.6 Å². The summed E-state index contributed by atoms with van der Waals surface area (Å²) in [7, 11) is 1.61. The van der Waals surface area contributed by atoms with Gasteiger partial charge in [0.05, 0.1) is 13.2 Å². The molecule has 1 atom stereocenters. The van der Waals surface area contributed by atoms with Crippen molar-refractivity contribution in [1.82, 2.24) is 5.32 Å². The normalized spacial score (nSPS) is 13.9. The second kappa shape index (κ2) is 10.1. The maximum atomic E-state index is 12.2. The lowest BCUT2D eigenvalue weighted by molar-refractivity contribution is -0.148. The van der Waals surface area contributed by atoms with E-state index in [1.54, 1.807) is 7.11 Å². The van der Waals surface area contributed by atoms with Gasteiger partial charge in [0.1, 0.15) is 5.75 Å². The lowest BCUT2D eigenvalue weighted by atomic mass is 9.89. The van der Waals surface area contributed by atoms with Gasteiger partial charge in [-0.1, -0.05) is 30.3 Å². The molecule has 1 aliphatic rings. The minimum atomic E-state index is -0.377. The maximum Gasteiger partial charge on any atom is 0.306 e. The standard InChI is InChI=1S/C24H29NO4/c1-17(20-11-10-19-5-3-4-6-21(19)15-20)25-23(26)16-29-24(27)14-9-18-7-12-22(28-2)13-8-18/h7-8,10-13,15,17H,3-6,9,14,16H2,1-2H3,(H,25,26)/t17-/m1/s1. The molecule has 154 valence electrons. The highest BCUT2D eigenvalue weighted by Gasteiger charge is 2.15. The van der Waals surface area contributed by atoms with Crippen LogP contribution in [0.1, 0.15) is 54.5 Å². The largest absolute Gasteiger partial charge is 0.497 e. The molecule has 0 aliphatic heterocycles. The zero-order valence-corrected chi connectivity index (χ0v) is 17.2. The minimum Gasteiger partial charge on any atom is -0.497 e. The number of ether oxygens (including phenoxy) is 2. The van der Waals surface area contributed by atoms with Crippen molar-refractivity contribution in [2.24, 2.45) is 0 Å². The van der Waals surface area contributed by atoms with Crippen LogP contribution in [0.25, 0.3) is 0 Å². The number of fused-ring (bicyclic) bond motifs is 1. The fourth-order valence-corrected chi connectivity index (χ4v) is 3.65. The van der Waals surface area contributed by atoms with Gasteiger partial charge in [-0.3, -0.25) is 9.59 Å². The summed E-state index contributed by atoms with van der Waals surface area (Å²) < 4.78 is 10.2. The Morgan fingerprint density at radius 1 is 1.03 bits per heavy atom. The number of carbonyl (C=O) groups excluding carboxylic acids is 2. The van der Waals surface area contributed by atoms with Gasteiger partial charge in [-0.25, -0.2) is 0 Å². The summed E-state index contributed by atoms with van der Waals surface area (Å²) in [6.07, 6.45) is 5.53. The van der Waals surface area contributed by atoms with E-state index in [1.165, 1.54) is 24.0 Å². The van der Waals surface area contributed by atoms with Crippen molar-refractivity contribution in [2.75, 3.05) is 13.7 Å². The van der Waals surface area contributed by atoms with E-state index in [4.69, 9.17) is 9.47 Å². The lowest BCUT2D eigenvalue weighted by Gasteiger charge is -2.20. The molecule has 1 aliphatic carbocycles. The Morgan fingerprint density at radius 3 is 2.48 bits per heavy atom. The van der Waals surface area contributed by atoms with Crippen LogP contribution in [0, 0.1) is 0 Å². The van der Waals surface area contributed by atoms with Crippen LogP contribution in [-0.4, -0.2) is 25.6 Å². The number of methoxy groups -OCH3 is 1. The van der Waals surface area contributed by atoms with Crippen LogP contribution in [0.3, 0.4) is 0 Å². The number of benzene rings is 2. The molecule has 0 saturated carbocycles. The van der Waals surface area contributed by atoms with E-state index >= 15 is 0 Å². The van der Waals surface area contributed by atoms with E-state index in [1.807, 2.05) is 31.2 Å². The molecule has 2 aromatic rings. The molecule has 29 heavy (non-hydrogen) atoms. The van der Waals surface area contributed by atoms with E-state index in [2.05, 4.69) is 23.5 Å². The zero-order chi connectivity index (χ0) is 20.6. The van der Waals surface area contributed by atoms with Gasteiger partial charge in [-0.05, 0) is 73.4 Å². The number of hydrogen-bond acceptors (Lipinski definition) is 4. The molecule has 0 fully saturated rings. The van der Waals surface area contributed by atoms with Crippen molar-refractivity contribution >= 4 is 11.9 Å². The predicted octanol–water partition coefficient (Wildman–Crippen LogP) is 3.93. The van der Waals surface area contributed by atoms with E-state index in [0.717, 1.165) is 29.7 Å². The van der Waals surface area contributed by atoms with Crippen LogP contribution >= 0.6 is 0 Å². The van der Waals surface area contributed by atoms with E-state index in [0.29, 0.717) is 6.42 Å². The third kappa shape index (κ3) is 6.08. The third-order valence-electron chi connectivity index (χ3n) is 5.39. The highest BCUT2D eigenvalue weighted by molar-refractivity contribution is 5.80. The SMILES string of the molecule is COc1ccc(CCC(=O)OCC(=O)N[C@H](C)c2ccc3c(c2)CCCC3)cc1. The highest BCUT2D eigenvalue weighted by Crippen LogP contribution is 2.24. The first-order chi connectivity index (χ1) is 14.0. The number of aryl methyl sites for hydroxylation is 3. The van der Waals surface area contributed by atoms with Gasteiger partial charge in [0.25, 0.3) is 5.91 Å². The Hall–Kier alpha value is -2.82. The number of amides is 1. The second-order valence-corrected chi connectivity index (χ2v) is 7.53. The molecule has 1 N–H and O–H groups in total. The van der Waals surface area contributed by atoms with Crippen molar-refractivity contribution in [3.05, 3.63) is 64.7 Å². The molecule has 0 unspecified atom stereocenters. The minimum absolute atomic E-state index is 0.118. The summed E-state index contributed by atoms with van der Waals surface area (Å²) in [5.41, 5.74) is 4.92. The summed E-state index contributed by atoms with van der Waals surface area (Å²) in [5, 5.41) is 2.91. The lowest BCUT2D eigenvalue weighted by Crippen LogP contribution is -2.31. The van der Waals surface area contributed by atoms with Crippen LogP contribution < -0.4 is 10.1 Å². The fourth-order valence-electron chi connectivity index (χ4n) is 3.65. The topological polar surface area (TPSA) is 64.6 Å². The summed E-state index contributed by atoms with van der Waals surface area (Å²) in [4.78, 5) is 24.1. The average molecular weight is 395 g/mol. The first-order valence-electron chi connectivity index (χ1n) is 10.2. The zero-order valence-electron chi connectivity index (χ0n) is 17.2. The van der Waals surface area contributed by atoms with Crippen LogP contribution in [0.15, 0.2) is 42.5 Å². The van der Waals surface area contributed by atoms with E-state index in [-0.39, 0.29) is 30.9 Å². The van der Waals surface area contributed by atoms with Gasteiger partial charge in [0, 0.05) is 6.42 Å². The van der Waals surface area contributed by atoms with E-state index < -0.39 is 0 Å². The summed E-state index contributed by atoms with van der Waals surface area (Å²) >= 11 is 0. The third-order valence-corrected chi connectivity index (χ3v) is 5.39. The van der Waals surface area contributed by atoms with Gasteiger partial charge < -0.3 is 14.8 Å². The summed E-state index contributed by atoms with van der Waals surface area (Å²) in [5.74, 6) is 0.117. The monoisotopic (exact) mass is 395 g/mol. The molecule has 5 nitrogen and oxygen atoms in total. The first-order valence-corrected chi connectivity index (χ1v) is 10.2. The Morgan fingerprint density at radius 2 is 1.76 bits per heavy atom. The number of carbonyl (C=O) groups is 2. The maximum absolute atomic E-state index is 12.2. The van der Waals surface area contributed by atoms with Crippen molar-refractivity contribution in [3.63, 3.8) is 0 Å². The van der Waals surface area contributed by atoms with Crippen LogP contribution in [0.4, 0.5) is 0 Å². The molecule has 3 rings (SSSR count). The molecule has 0 radical (unpaired) electrons. The van der Waals surface area contributed by atoms with Gasteiger partial charge in [0.2, 0.25) is 0 Å². The Balaban J connectivity index is 1.41. The van der Waals surface area contributed by atoms with Gasteiger partial charge in [0.15, 0.2) is 6.61 Å². The number of esters is 1. The average Bonchev–Trinajstić information content (AvgIpc) is 2.76. The van der Waals surface area contributed by atoms with Crippen molar-refractivity contribution < 1.29 is 19.1 Å². The smallest absolute Gasteiger partial charge is 0.306 e. The molecule has 0 saturated heterocycles. The molecular weight excluding hydrogens is 366 g/mol. The Labute approximate surface area is 172 Å². The van der Waals surface area contributed by atoms with Gasteiger partial charge >= 0.3 is 5.97 Å². The molecule has 0 aromatic heterocycles. The number of hydrogen-bond donors (Lipinski definition) is 1. The van der Waals surface area contributed by atoms with Gasteiger partial charge in [-0.2, -0.15) is 0 Å². The highest BCUT2D eigenvalue weighted by atomic mass is 16.5. The summed E-state index contributed by atoms with van der Waals surface area (Å²) in [6.45, 7) is 1.70. The fraction of sp³-hybridized carbons (Fsp3) is 0.417. The van der Waals surface area contributed by atoms with E-state index in [9.17, 15) is 9.59 Å². The molecule has 5 heteroatoms. The molecule has 0 spiro atoms. The number of rotatable bonds is 8. The van der Waals surface area contributed by atoms with Crippen molar-refractivity contribution in [3.8, 4) is 5.75 Å². The molecule has 2 aromatic carbocycles. The Bertz CT molecular complexity index is 844. The second-order valence-electron chi connectivity index (χ2n) is 7.53. The van der Waals surface area contributed by atoms with Crippen LogP contribution in [0.5, 0.6) is 5.75 Å². The molecule has 0 bridgehead atoms. The van der Waals surface area contributed by atoms with Gasteiger partial charge in [-0.15, -0.1) is 0 Å². The van der Waals surface area contributed by atoms with Crippen LogP contribution in [0.2, 0.25) is 0 Å². The molecule has 1 amide bonds. The first kappa shape index (κ1) is 20.9. The molecule has 0 heterocycles. The van der Waals surface area contributed by atoms with Crippen molar-refractivity contribution in [2.45, 2.75) is 51.5 Å². The predicted molar refractivity (Wildman–Crippen MR) is 112 cm³/mol. The quantitative estimate of drug-likeness (QED) is 0.688. The number of nitrogens with one attached hydrogen (secondary N) is 1. The van der Waals surface area contributed by atoms with Crippen molar-refractivity contribution in [1.29, 1.82) is 0 Å². The Kier molecular flexibility index (Phi) is 7.28. The summed E-state index contributed by atoms with van der Waals surface area (Å²) in [6, 6.07) is 13.9. The molecular formula is C24H29NO4.